The first-order valence-corrected chi connectivity index (χ1v) is 11.4. The van der Waals surface area contributed by atoms with Gasteiger partial charge in [0.2, 0.25) is 0 Å². The van der Waals surface area contributed by atoms with Crippen molar-refractivity contribution in [2.75, 3.05) is 0 Å². The number of amides is 1. The van der Waals surface area contributed by atoms with Gasteiger partial charge in [0, 0.05) is 17.0 Å². The van der Waals surface area contributed by atoms with Crippen LogP contribution in [0.5, 0.6) is 0 Å². The molecule has 1 aromatic heterocycles. The fourth-order valence-electron chi connectivity index (χ4n) is 5.46. The first-order chi connectivity index (χ1) is 14.5. The van der Waals surface area contributed by atoms with Crippen molar-refractivity contribution >= 4 is 40.0 Å². The van der Waals surface area contributed by atoms with Crippen LogP contribution in [0.3, 0.4) is 0 Å². The van der Waals surface area contributed by atoms with Gasteiger partial charge in [-0.15, -0.1) is 0 Å². The number of carbonyl (C=O) groups is 1. The summed E-state index contributed by atoms with van der Waals surface area (Å²) in [4.78, 5) is 18.1. The van der Waals surface area contributed by atoms with Crippen molar-refractivity contribution in [3.8, 4) is 11.3 Å². The lowest BCUT2D eigenvalue weighted by Gasteiger charge is -2.28. The molecule has 1 amide bonds. The molecular weight excluding hydrogens is 415 g/mol. The van der Waals surface area contributed by atoms with Gasteiger partial charge in [0.25, 0.3) is 5.91 Å². The smallest absolute Gasteiger partial charge is 0.252 e. The monoisotopic (exact) mass is 438 g/mol. The lowest BCUT2D eigenvalue weighted by molar-refractivity contribution is 0.0917. The molecule has 4 atom stereocenters. The van der Waals surface area contributed by atoms with Crippen LogP contribution in [0.15, 0.2) is 48.5 Å². The highest BCUT2D eigenvalue weighted by Gasteiger charge is 2.42. The zero-order valence-corrected chi connectivity index (χ0v) is 18.4. The van der Waals surface area contributed by atoms with Gasteiger partial charge in [-0.2, -0.15) is 0 Å². The number of hydrogen-bond donors (Lipinski definition) is 1. The van der Waals surface area contributed by atoms with Crippen LogP contribution in [0.4, 0.5) is 0 Å². The number of rotatable bonds is 4. The first-order valence-electron chi connectivity index (χ1n) is 10.7. The number of nitrogens with zero attached hydrogens (tertiary/aromatic N) is 1. The van der Waals surface area contributed by atoms with Gasteiger partial charge >= 0.3 is 0 Å². The summed E-state index contributed by atoms with van der Waals surface area (Å²) < 4.78 is 0. The van der Waals surface area contributed by atoms with E-state index in [1.54, 1.807) is 12.1 Å². The van der Waals surface area contributed by atoms with E-state index in [0.29, 0.717) is 27.2 Å². The van der Waals surface area contributed by atoms with Crippen molar-refractivity contribution in [2.45, 2.75) is 38.6 Å². The largest absolute Gasteiger partial charge is 0.349 e. The van der Waals surface area contributed by atoms with E-state index in [2.05, 4.69) is 12.2 Å². The van der Waals surface area contributed by atoms with Gasteiger partial charge in [0.15, 0.2) is 0 Å². The molecule has 0 unspecified atom stereocenters. The predicted octanol–water partition coefficient (Wildman–Crippen LogP) is 6.76. The van der Waals surface area contributed by atoms with Gasteiger partial charge in [0.05, 0.1) is 26.8 Å². The van der Waals surface area contributed by atoms with E-state index < -0.39 is 0 Å². The van der Waals surface area contributed by atoms with E-state index in [9.17, 15) is 4.79 Å². The van der Waals surface area contributed by atoms with Crippen LogP contribution in [0, 0.1) is 17.8 Å². The standard InChI is InChI=1S/C25H24Cl2N2O/c1-14(19-11-15-6-7-16(19)10-15)28-25(30)20-13-24(17-8-9-21(26)22(27)12-17)29-23-5-3-2-4-18(20)23/h2-5,8-9,12-16,19H,6-7,10-11H2,1H3,(H,28,30)/t14-,15-,16-,19+/m1/s1. The minimum absolute atomic E-state index is 0.0369. The maximum Gasteiger partial charge on any atom is 0.252 e. The highest BCUT2D eigenvalue weighted by atomic mass is 35.5. The number of para-hydroxylation sites is 1. The lowest BCUT2D eigenvalue weighted by Crippen LogP contribution is -2.40. The molecule has 0 radical (unpaired) electrons. The van der Waals surface area contributed by atoms with Crippen LogP contribution < -0.4 is 5.32 Å². The van der Waals surface area contributed by atoms with Gasteiger partial charge in [-0.05, 0) is 68.2 Å². The molecule has 154 valence electrons. The topological polar surface area (TPSA) is 42.0 Å². The molecule has 2 aliphatic rings. The van der Waals surface area contributed by atoms with Crippen LogP contribution >= 0.6 is 23.2 Å². The first kappa shape index (κ1) is 19.8. The third-order valence-electron chi connectivity index (χ3n) is 6.97. The average molecular weight is 439 g/mol. The summed E-state index contributed by atoms with van der Waals surface area (Å²) in [5.41, 5.74) is 2.99. The molecule has 30 heavy (non-hydrogen) atoms. The van der Waals surface area contributed by atoms with Gasteiger partial charge in [-0.25, -0.2) is 4.98 Å². The number of aromatic nitrogens is 1. The number of nitrogens with one attached hydrogen (secondary N) is 1. The number of halogens is 2. The van der Waals surface area contributed by atoms with Gasteiger partial charge in [-0.1, -0.05) is 53.9 Å². The maximum atomic E-state index is 13.4. The van der Waals surface area contributed by atoms with E-state index in [4.69, 9.17) is 28.2 Å². The Balaban J connectivity index is 1.49. The minimum Gasteiger partial charge on any atom is -0.349 e. The summed E-state index contributed by atoms with van der Waals surface area (Å²) in [6.45, 7) is 2.16. The highest BCUT2D eigenvalue weighted by Crippen LogP contribution is 2.49. The molecule has 2 fully saturated rings. The SMILES string of the molecule is C[C@@H](NC(=O)c1cc(-c2ccc(Cl)c(Cl)c2)nc2ccccc12)[C@@H]1C[C@@H]2CC[C@@H]1C2. The third kappa shape index (κ3) is 3.59. The van der Waals surface area contributed by atoms with E-state index in [1.807, 2.05) is 36.4 Å². The Bertz CT molecular complexity index is 1130. The Kier molecular flexibility index (Phi) is 5.20. The second kappa shape index (κ2) is 7.86. The molecular formula is C25H24Cl2N2O. The maximum absolute atomic E-state index is 13.4. The predicted molar refractivity (Wildman–Crippen MR) is 123 cm³/mol. The Morgan fingerprint density at radius 2 is 1.90 bits per heavy atom. The molecule has 0 aliphatic heterocycles. The molecule has 3 nitrogen and oxygen atoms in total. The zero-order chi connectivity index (χ0) is 20.8. The van der Waals surface area contributed by atoms with Crippen LogP contribution in [-0.4, -0.2) is 16.9 Å². The zero-order valence-electron chi connectivity index (χ0n) is 16.9. The van der Waals surface area contributed by atoms with Crippen LogP contribution in [0.1, 0.15) is 43.0 Å². The van der Waals surface area contributed by atoms with Crippen molar-refractivity contribution < 1.29 is 4.79 Å². The molecule has 1 N–H and O–H groups in total. The Morgan fingerprint density at radius 3 is 2.63 bits per heavy atom. The van der Waals surface area contributed by atoms with Crippen molar-refractivity contribution in [3.63, 3.8) is 0 Å². The lowest BCUT2D eigenvalue weighted by atomic mass is 9.84. The second-order valence-corrected chi connectivity index (χ2v) is 9.62. The molecule has 0 spiro atoms. The summed E-state index contributed by atoms with van der Waals surface area (Å²) >= 11 is 12.3. The van der Waals surface area contributed by atoms with Crippen molar-refractivity contribution in [2.24, 2.45) is 17.8 Å². The van der Waals surface area contributed by atoms with Gasteiger partial charge in [0.1, 0.15) is 0 Å². The van der Waals surface area contributed by atoms with Crippen LogP contribution in [0.2, 0.25) is 10.0 Å². The fraction of sp³-hybridized carbons (Fsp3) is 0.360. The van der Waals surface area contributed by atoms with Gasteiger partial charge in [-0.3, -0.25) is 4.79 Å². The average Bonchev–Trinajstić information content (AvgIpc) is 3.38. The van der Waals surface area contributed by atoms with Crippen molar-refractivity contribution in [3.05, 3.63) is 64.1 Å². The van der Waals surface area contributed by atoms with Crippen molar-refractivity contribution in [1.29, 1.82) is 0 Å². The van der Waals surface area contributed by atoms with Crippen molar-refractivity contribution in [1.82, 2.24) is 10.3 Å². The summed E-state index contributed by atoms with van der Waals surface area (Å²) in [5, 5.41) is 5.13. The fourth-order valence-corrected chi connectivity index (χ4v) is 5.76. The number of hydrogen-bond acceptors (Lipinski definition) is 2. The van der Waals surface area contributed by atoms with E-state index in [-0.39, 0.29) is 11.9 Å². The van der Waals surface area contributed by atoms with Gasteiger partial charge < -0.3 is 5.32 Å². The molecule has 2 bridgehead atoms. The Hall–Kier alpha value is -2.10. The Labute approximate surface area is 186 Å². The normalized spacial score (nSPS) is 23.6. The summed E-state index contributed by atoms with van der Waals surface area (Å²) in [6, 6.07) is 15.2. The molecule has 5 heteroatoms. The highest BCUT2D eigenvalue weighted by molar-refractivity contribution is 6.42. The molecule has 5 rings (SSSR count). The summed E-state index contributed by atoms with van der Waals surface area (Å²) in [5.74, 6) is 2.19. The van der Waals surface area contributed by atoms with E-state index in [0.717, 1.165) is 28.3 Å². The molecule has 2 aliphatic carbocycles. The third-order valence-corrected chi connectivity index (χ3v) is 7.71. The number of pyridine rings is 1. The van der Waals surface area contributed by atoms with Crippen LogP contribution in [-0.2, 0) is 0 Å². The molecule has 1 heterocycles. The van der Waals surface area contributed by atoms with Crippen LogP contribution in [0.25, 0.3) is 22.2 Å². The molecule has 2 saturated carbocycles. The van der Waals surface area contributed by atoms with E-state index in [1.165, 1.54) is 25.7 Å². The second-order valence-electron chi connectivity index (χ2n) is 8.80. The molecule has 0 saturated heterocycles. The number of carbonyl (C=O) groups excluding carboxylic acids is 1. The number of benzene rings is 2. The molecule has 3 aromatic rings. The van der Waals surface area contributed by atoms with E-state index >= 15 is 0 Å². The molecule has 2 aromatic carbocycles. The Morgan fingerprint density at radius 1 is 1.07 bits per heavy atom. The summed E-state index contributed by atoms with van der Waals surface area (Å²) in [7, 11) is 0. The number of fused-ring (bicyclic) bond motifs is 3. The quantitative estimate of drug-likeness (QED) is 0.488. The summed E-state index contributed by atoms with van der Waals surface area (Å²) in [6.07, 6.45) is 5.27. The minimum atomic E-state index is -0.0369.